The first kappa shape index (κ1) is 12.3. The largest absolute Gasteiger partial charge is 0.480 e. The second-order valence-electron chi connectivity index (χ2n) is 2.99. The van der Waals surface area contributed by atoms with Crippen LogP contribution in [0.25, 0.3) is 0 Å². The third-order valence-electron chi connectivity index (χ3n) is 1.54. The lowest BCUT2D eigenvalue weighted by Gasteiger charge is -2.17. The highest BCUT2D eigenvalue weighted by molar-refractivity contribution is 8.01. The number of hydrogen-bond donors (Lipinski definition) is 1. The van der Waals surface area contributed by atoms with Gasteiger partial charge in [-0.15, -0.1) is 11.8 Å². The lowest BCUT2D eigenvalue weighted by Crippen LogP contribution is -2.31. The van der Waals surface area contributed by atoms with Crippen LogP contribution in [0.3, 0.4) is 0 Å². The molecule has 0 aliphatic heterocycles. The fourth-order valence-electron chi connectivity index (χ4n) is 0.786. The minimum Gasteiger partial charge on any atom is -0.480 e. The number of carboxylic acids is 1. The van der Waals surface area contributed by atoms with Gasteiger partial charge in [0.25, 0.3) is 0 Å². The Labute approximate surface area is 82.3 Å². The van der Waals surface area contributed by atoms with Crippen LogP contribution in [0.2, 0.25) is 0 Å². The summed E-state index contributed by atoms with van der Waals surface area (Å²) >= 11 is 1.15. The van der Waals surface area contributed by atoms with Crippen molar-refractivity contribution < 1.29 is 14.7 Å². The van der Waals surface area contributed by atoms with Crippen LogP contribution in [0.5, 0.6) is 0 Å². The van der Waals surface area contributed by atoms with Crippen LogP contribution in [0.15, 0.2) is 0 Å². The van der Waals surface area contributed by atoms with E-state index < -0.39 is 11.2 Å². The fraction of sp³-hybridized carbons (Fsp3) is 0.750. The van der Waals surface area contributed by atoms with Gasteiger partial charge in [0.1, 0.15) is 5.25 Å². The molecule has 0 rings (SSSR count). The molecule has 0 fully saturated rings. The Hall–Kier alpha value is -0.710. The molecule has 5 heteroatoms. The maximum atomic E-state index is 11.3. The summed E-state index contributed by atoms with van der Waals surface area (Å²) in [6.07, 6.45) is 0. The quantitative estimate of drug-likeness (QED) is 0.733. The van der Waals surface area contributed by atoms with Crippen molar-refractivity contribution in [3.05, 3.63) is 0 Å². The molecule has 0 spiro atoms. The van der Waals surface area contributed by atoms with E-state index in [0.29, 0.717) is 0 Å². The van der Waals surface area contributed by atoms with Gasteiger partial charge in [-0.05, 0) is 13.8 Å². The van der Waals surface area contributed by atoms with Gasteiger partial charge in [0.15, 0.2) is 0 Å². The lowest BCUT2D eigenvalue weighted by atomic mass is 10.4. The van der Waals surface area contributed by atoms with Crippen molar-refractivity contribution in [3.8, 4) is 0 Å². The molecule has 4 nitrogen and oxygen atoms in total. The van der Waals surface area contributed by atoms with Crippen molar-refractivity contribution in [2.24, 2.45) is 0 Å². The topological polar surface area (TPSA) is 57.6 Å². The van der Waals surface area contributed by atoms with E-state index in [1.54, 1.807) is 27.9 Å². The van der Waals surface area contributed by atoms with Gasteiger partial charge < -0.3 is 10.0 Å². The Kier molecular flexibility index (Phi) is 4.83. The highest BCUT2D eigenvalue weighted by Gasteiger charge is 2.21. The lowest BCUT2D eigenvalue weighted by molar-refractivity contribution is -0.136. The van der Waals surface area contributed by atoms with Crippen LogP contribution in [-0.4, -0.2) is 46.5 Å². The van der Waals surface area contributed by atoms with Crippen LogP contribution in [0.1, 0.15) is 13.8 Å². The van der Waals surface area contributed by atoms with Crippen molar-refractivity contribution >= 4 is 23.6 Å². The summed E-state index contributed by atoms with van der Waals surface area (Å²) in [6.45, 7) is 3.29. The number of carbonyl (C=O) groups is 2. The van der Waals surface area contributed by atoms with E-state index in [1.807, 2.05) is 0 Å². The van der Waals surface area contributed by atoms with E-state index in [2.05, 4.69) is 0 Å². The molecule has 0 heterocycles. The standard InChI is InChI=1S/C8H15NO3S/c1-5(7(10)9(3)4)13-6(2)8(11)12/h5-6H,1-4H3,(H,11,12). The molecule has 13 heavy (non-hydrogen) atoms. The molecule has 0 saturated carbocycles. The van der Waals surface area contributed by atoms with Gasteiger partial charge in [-0.1, -0.05) is 0 Å². The van der Waals surface area contributed by atoms with Gasteiger partial charge in [0.2, 0.25) is 5.91 Å². The SMILES string of the molecule is CC(SC(C)C(=O)N(C)C)C(=O)O. The van der Waals surface area contributed by atoms with Crippen LogP contribution in [0, 0.1) is 0 Å². The van der Waals surface area contributed by atoms with E-state index in [9.17, 15) is 9.59 Å². The van der Waals surface area contributed by atoms with Crippen molar-refractivity contribution in [2.45, 2.75) is 24.3 Å². The van der Waals surface area contributed by atoms with Crippen molar-refractivity contribution in [1.82, 2.24) is 4.90 Å². The van der Waals surface area contributed by atoms with Gasteiger partial charge in [-0.2, -0.15) is 0 Å². The monoisotopic (exact) mass is 205 g/mol. The van der Waals surface area contributed by atoms with Crippen LogP contribution < -0.4 is 0 Å². The number of amides is 1. The van der Waals surface area contributed by atoms with Crippen molar-refractivity contribution in [3.63, 3.8) is 0 Å². The molecule has 0 aliphatic carbocycles. The third-order valence-corrected chi connectivity index (χ3v) is 2.76. The zero-order valence-corrected chi connectivity index (χ0v) is 9.09. The van der Waals surface area contributed by atoms with Crippen molar-refractivity contribution in [2.75, 3.05) is 14.1 Å². The van der Waals surface area contributed by atoms with Crippen molar-refractivity contribution in [1.29, 1.82) is 0 Å². The average Bonchev–Trinajstić information content (AvgIpc) is 2.02. The summed E-state index contributed by atoms with van der Waals surface area (Å²) in [7, 11) is 3.32. The van der Waals surface area contributed by atoms with Crippen LogP contribution >= 0.6 is 11.8 Å². The molecule has 2 atom stereocenters. The predicted molar refractivity (Wildman–Crippen MR) is 52.8 cm³/mol. The molecule has 0 aromatic heterocycles. The molecule has 0 aliphatic rings. The number of carboxylic acid groups (broad SMARTS) is 1. The third kappa shape index (κ3) is 4.17. The number of thioether (sulfide) groups is 1. The van der Waals surface area contributed by atoms with E-state index in [-0.39, 0.29) is 11.2 Å². The Morgan fingerprint density at radius 3 is 2.00 bits per heavy atom. The Morgan fingerprint density at radius 2 is 1.69 bits per heavy atom. The van der Waals surface area contributed by atoms with Gasteiger partial charge in [-0.3, -0.25) is 9.59 Å². The second kappa shape index (κ2) is 5.11. The van der Waals surface area contributed by atoms with Gasteiger partial charge >= 0.3 is 5.97 Å². The first-order valence-electron chi connectivity index (χ1n) is 3.95. The molecule has 1 amide bonds. The van der Waals surface area contributed by atoms with Gasteiger partial charge in [0, 0.05) is 14.1 Å². The highest BCUT2D eigenvalue weighted by atomic mass is 32.2. The van der Waals surface area contributed by atoms with E-state index in [4.69, 9.17) is 5.11 Å². The second-order valence-corrected chi connectivity index (χ2v) is 4.68. The van der Waals surface area contributed by atoms with Crippen LogP contribution in [0.4, 0.5) is 0 Å². The number of hydrogen-bond acceptors (Lipinski definition) is 3. The molecule has 0 radical (unpaired) electrons. The highest BCUT2D eigenvalue weighted by Crippen LogP contribution is 2.18. The molecule has 2 unspecified atom stereocenters. The first-order valence-corrected chi connectivity index (χ1v) is 4.90. The molecule has 0 bridgehead atoms. The Morgan fingerprint density at radius 1 is 1.23 bits per heavy atom. The van der Waals surface area contributed by atoms with Gasteiger partial charge in [0.05, 0.1) is 5.25 Å². The molecular weight excluding hydrogens is 190 g/mol. The first-order chi connectivity index (χ1) is 5.86. The zero-order valence-electron chi connectivity index (χ0n) is 8.27. The summed E-state index contributed by atoms with van der Waals surface area (Å²) < 4.78 is 0. The average molecular weight is 205 g/mol. The molecule has 0 aromatic carbocycles. The van der Waals surface area contributed by atoms with Gasteiger partial charge in [-0.25, -0.2) is 0 Å². The molecule has 76 valence electrons. The summed E-state index contributed by atoms with van der Waals surface area (Å²) in [5.41, 5.74) is 0. The maximum absolute atomic E-state index is 11.3. The zero-order chi connectivity index (χ0) is 10.6. The molecule has 1 N–H and O–H groups in total. The fourth-order valence-corrected chi connectivity index (χ4v) is 1.84. The Balaban J connectivity index is 4.07. The molecular formula is C8H15NO3S. The summed E-state index contributed by atoms with van der Waals surface area (Å²) in [4.78, 5) is 23.3. The smallest absolute Gasteiger partial charge is 0.316 e. The predicted octanol–water partition coefficient (Wildman–Crippen LogP) is 0.669. The van der Waals surface area contributed by atoms with E-state index in [0.717, 1.165) is 11.8 Å². The van der Waals surface area contributed by atoms with E-state index >= 15 is 0 Å². The minimum atomic E-state index is -0.886. The maximum Gasteiger partial charge on any atom is 0.316 e. The minimum absolute atomic E-state index is 0.0573. The van der Waals surface area contributed by atoms with E-state index in [1.165, 1.54) is 4.90 Å². The number of rotatable bonds is 4. The number of carbonyl (C=O) groups excluding carboxylic acids is 1. The molecule has 0 aromatic rings. The normalized spacial score (nSPS) is 14.8. The number of nitrogens with zero attached hydrogens (tertiary/aromatic N) is 1. The summed E-state index contributed by atoms with van der Waals surface area (Å²) in [5, 5.41) is 7.76. The number of aliphatic carboxylic acids is 1. The Bertz CT molecular complexity index is 206. The summed E-state index contributed by atoms with van der Waals surface area (Å²) in [5.74, 6) is -0.943. The molecule has 0 saturated heterocycles. The van der Waals surface area contributed by atoms with Crippen LogP contribution in [-0.2, 0) is 9.59 Å². The summed E-state index contributed by atoms with van der Waals surface area (Å²) in [6, 6.07) is 0.